The second-order valence-corrected chi connectivity index (χ2v) is 5.63. The standard InChI is InChI=1S/C14H9Cl3N2O/c1-6-4-8(16)11(12(17)13(6)18)14-19-9-5-7(15)2-3-10(9)20-14/h2-5H,18H2,1H3. The van der Waals surface area contributed by atoms with Gasteiger partial charge >= 0.3 is 0 Å². The number of nitrogen functional groups attached to an aromatic ring is 1. The molecule has 3 rings (SSSR count). The molecule has 1 heterocycles. The Hall–Kier alpha value is -1.42. The minimum absolute atomic E-state index is 0.323. The van der Waals surface area contributed by atoms with Crippen LogP contribution in [0.2, 0.25) is 15.1 Å². The lowest BCUT2D eigenvalue weighted by molar-refractivity contribution is 0.620. The Morgan fingerprint density at radius 3 is 2.65 bits per heavy atom. The molecular formula is C14H9Cl3N2O. The number of hydrogen-bond acceptors (Lipinski definition) is 3. The number of rotatable bonds is 1. The Morgan fingerprint density at radius 2 is 1.90 bits per heavy atom. The summed E-state index contributed by atoms with van der Waals surface area (Å²) in [6.07, 6.45) is 0. The monoisotopic (exact) mass is 326 g/mol. The van der Waals surface area contributed by atoms with Gasteiger partial charge in [0.05, 0.1) is 21.3 Å². The molecule has 0 unspecified atom stereocenters. The van der Waals surface area contributed by atoms with E-state index < -0.39 is 0 Å². The average Bonchev–Trinajstić information content (AvgIpc) is 2.78. The average molecular weight is 328 g/mol. The smallest absolute Gasteiger partial charge is 0.230 e. The van der Waals surface area contributed by atoms with Crippen LogP contribution >= 0.6 is 34.8 Å². The third kappa shape index (κ3) is 2.12. The first kappa shape index (κ1) is 13.6. The maximum absolute atomic E-state index is 6.26. The highest BCUT2D eigenvalue weighted by Gasteiger charge is 2.19. The first-order valence-corrected chi connectivity index (χ1v) is 6.91. The van der Waals surface area contributed by atoms with Crippen molar-refractivity contribution in [3.05, 3.63) is 44.9 Å². The summed E-state index contributed by atoms with van der Waals surface area (Å²) in [4.78, 5) is 4.36. The van der Waals surface area contributed by atoms with Crippen molar-refractivity contribution in [2.75, 3.05) is 5.73 Å². The maximum atomic E-state index is 6.26. The molecule has 0 bridgehead atoms. The van der Waals surface area contributed by atoms with Gasteiger partial charge in [-0.1, -0.05) is 34.8 Å². The number of fused-ring (bicyclic) bond motifs is 1. The predicted octanol–water partition coefficient (Wildman–Crippen LogP) is 5.35. The molecule has 0 radical (unpaired) electrons. The Kier molecular flexibility index (Phi) is 3.28. The van der Waals surface area contributed by atoms with E-state index in [1.54, 1.807) is 24.3 Å². The molecule has 6 heteroatoms. The first-order valence-electron chi connectivity index (χ1n) is 5.78. The second-order valence-electron chi connectivity index (χ2n) is 4.41. The number of aryl methyl sites for hydroxylation is 1. The molecule has 2 N–H and O–H groups in total. The molecule has 20 heavy (non-hydrogen) atoms. The van der Waals surface area contributed by atoms with Crippen LogP contribution < -0.4 is 5.73 Å². The summed E-state index contributed by atoms with van der Waals surface area (Å²) in [6.45, 7) is 1.84. The zero-order valence-corrected chi connectivity index (χ0v) is 12.6. The van der Waals surface area contributed by atoms with E-state index >= 15 is 0 Å². The molecule has 1 aromatic heterocycles. The van der Waals surface area contributed by atoms with Crippen LogP contribution in [0.15, 0.2) is 28.7 Å². The van der Waals surface area contributed by atoms with Crippen molar-refractivity contribution in [2.24, 2.45) is 0 Å². The molecule has 0 aliphatic heterocycles. The third-order valence-corrected chi connectivity index (χ3v) is 3.95. The van der Waals surface area contributed by atoms with Gasteiger partial charge in [0.15, 0.2) is 5.58 Å². The molecule has 0 spiro atoms. The molecule has 0 amide bonds. The summed E-state index contributed by atoms with van der Waals surface area (Å²) in [5, 5.41) is 1.37. The van der Waals surface area contributed by atoms with E-state index in [-0.39, 0.29) is 0 Å². The van der Waals surface area contributed by atoms with Crippen LogP contribution in [0.25, 0.3) is 22.6 Å². The van der Waals surface area contributed by atoms with Crippen molar-refractivity contribution in [3.8, 4) is 11.5 Å². The van der Waals surface area contributed by atoms with Gasteiger partial charge in [-0.3, -0.25) is 0 Å². The van der Waals surface area contributed by atoms with E-state index in [0.717, 1.165) is 5.56 Å². The first-order chi connectivity index (χ1) is 9.47. The van der Waals surface area contributed by atoms with Gasteiger partial charge in [0.1, 0.15) is 5.52 Å². The predicted molar refractivity (Wildman–Crippen MR) is 83.6 cm³/mol. The van der Waals surface area contributed by atoms with E-state index in [1.165, 1.54) is 0 Å². The molecule has 0 saturated carbocycles. The molecule has 0 fully saturated rings. The lowest BCUT2D eigenvalue weighted by Gasteiger charge is -2.08. The lowest BCUT2D eigenvalue weighted by atomic mass is 10.1. The third-order valence-electron chi connectivity index (χ3n) is 3.03. The van der Waals surface area contributed by atoms with E-state index in [9.17, 15) is 0 Å². The van der Waals surface area contributed by atoms with Crippen molar-refractivity contribution in [3.63, 3.8) is 0 Å². The lowest BCUT2D eigenvalue weighted by Crippen LogP contribution is -1.94. The summed E-state index contributed by atoms with van der Waals surface area (Å²) in [7, 11) is 0. The summed E-state index contributed by atoms with van der Waals surface area (Å²) in [6, 6.07) is 6.92. The molecule has 3 aromatic rings. The van der Waals surface area contributed by atoms with Crippen molar-refractivity contribution in [1.82, 2.24) is 4.98 Å². The molecule has 0 atom stereocenters. The van der Waals surface area contributed by atoms with Crippen LogP contribution in [-0.4, -0.2) is 4.98 Å². The normalized spacial score (nSPS) is 11.2. The van der Waals surface area contributed by atoms with Gasteiger partial charge < -0.3 is 10.2 Å². The van der Waals surface area contributed by atoms with Gasteiger partial charge in [0, 0.05) is 5.02 Å². The fourth-order valence-corrected chi connectivity index (χ4v) is 2.84. The number of nitrogens with two attached hydrogens (primary N) is 1. The molecule has 2 aromatic carbocycles. The fourth-order valence-electron chi connectivity index (χ4n) is 1.96. The Morgan fingerprint density at radius 1 is 1.15 bits per heavy atom. The van der Waals surface area contributed by atoms with E-state index in [4.69, 9.17) is 45.0 Å². The number of aromatic nitrogens is 1. The summed E-state index contributed by atoms with van der Waals surface area (Å²) in [5.74, 6) is 0.323. The molecule has 0 aliphatic carbocycles. The number of nitrogens with zero attached hydrogens (tertiary/aromatic N) is 1. The highest BCUT2D eigenvalue weighted by atomic mass is 35.5. The van der Waals surface area contributed by atoms with Gasteiger partial charge in [-0.05, 0) is 36.8 Å². The Labute approximate surface area is 130 Å². The summed E-state index contributed by atoms with van der Waals surface area (Å²) >= 11 is 18.4. The van der Waals surface area contributed by atoms with E-state index in [1.807, 2.05) is 6.92 Å². The van der Waals surface area contributed by atoms with Crippen molar-refractivity contribution in [2.45, 2.75) is 6.92 Å². The van der Waals surface area contributed by atoms with E-state index in [0.29, 0.717) is 43.3 Å². The van der Waals surface area contributed by atoms with Crippen LogP contribution in [-0.2, 0) is 0 Å². The second kappa shape index (κ2) is 4.85. The summed E-state index contributed by atoms with van der Waals surface area (Å²) in [5.41, 5.74) is 8.93. The number of oxazole rings is 1. The van der Waals surface area contributed by atoms with Crippen molar-refractivity contribution >= 4 is 51.6 Å². The highest BCUT2D eigenvalue weighted by molar-refractivity contribution is 6.40. The van der Waals surface area contributed by atoms with Gasteiger partial charge in [-0.25, -0.2) is 4.98 Å². The summed E-state index contributed by atoms with van der Waals surface area (Å²) < 4.78 is 5.67. The molecular weight excluding hydrogens is 319 g/mol. The molecule has 0 saturated heterocycles. The van der Waals surface area contributed by atoms with Crippen LogP contribution in [0.5, 0.6) is 0 Å². The van der Waals surface area contributed by atoms with Crippen molar-refractivity contribution in [1.29, 1.82) is 0 Å². The number of anilines is 1. The maximum Gasteiger partial charge on any atom is 0.230 e. The highest BCUT2D eigenvalue weighted by Crippen LogP contribution is 2.40. The van der Waals surface area contributed by atoms with Gasteiger partial charge in [-0.15, -0.1) is 0 Å². The number of hydrogen-bond donors (Lipinski definition) is 1. The van der Waals surface area contributed by atoms with Gasteiger partial charge in [0.2, 0.25) is 5.89 Å². The zero-order valence-electron chi connectivity index (χ0n) is 10.4. The fraction of sp³-hybridized carbons (Fsp3) is 0.0714. The van der Waals surface area contributed by atoms with Crippen molar-refractivity contribution < 1.29 is 4.42 Å². The Balaban J connectivity index is 2.28. The molecule has 102 valence electrons. The van der Waals surface area contributed by atoms with Crippen LogP contribution in [0.3, 0.4) is 0 Å². The minimum Gasteiger partial charge on any atom is -0.436 e. The van der Waals surface area contributed by atoms with Crippen LogP contribution in [0.4, 0.5) is 5.69 Å². The SMILES string of the molecule is Cc1cc(Cl)c(-c2nc3cc(Cl)ccc3o2)c(Cl)c1N. The number of halogens is 3. The number of benzene rings is 2. The van der Waals surface area contributed by atoms with Gasteiger partial charge in [0.25, 0.3) is 0 Å². The Bertz CT molecular complexity index is 827. The minimum atomic E-state index is 0.323. The van der Waals surface area contributed by atoms with Gasteiger partial charge in [-0.2, -0.15) is 0 Å². The van der Waals surface area contributed by atoms with Crippen LogP contribution in [0, 0.1) is 6.92 Å². The molecule has 3 nitrogen and oxygen atoms in total. The quantitative estimate of drug-likeness (QED) is 0.613. The largest absolute Gasteiger partial charge is 0.436 e. The zero-order chi connectivity index (χ0) is 14.4. The van der Waals surface area contributed by atoms with E-state index in [2.05, 4.69) is 4.98 Å². The van der Waals surface area contributed by atoms with Crippen LogP contribution in [0.1, 0.15) is 5.56 Å². The molecule has 0 aliphatic rings. The topological polar surface area (TPSA) is 52.0 Å².